The van der Waals surface area contributed by atoms with Crippen LogP contribution in [0.1, 0.15) is 36.0 Å². The van der Waals surface area contributed by atoms with E-state index in [0.717, 1.165) is 6.07 Å². The second kappa shape index (κ2) is 8.80. The number of nitrogens with one attached hydrogen (secondary N) is 2. The van der Waals surface area contributed by atoms with Crippen LogP contribution in [0.2, 0.25) is 0 Å². The van der Waals surface area contributed by atoms with E-state index < -0.39 is 17.8 Å². The van der Waals surface area contributed by atoms with Crippen LogP contribution in [0, 0.1) is 11.9 Å². The van der Waals surface area contributed by atoms with Crippen molar-refractivity contribution in [1.82, 2.24) is 15.2 Å². The van der Waals surface area contributed by atoms with Crippen molar-refractivity contribution >= 4 is 29.3 Å². The first-order chi connectivity index (χ1) is 13.8. The first-order valence-corrected chi connectivity index (χ1v) is 9.32. The Balaban J connectivity index is 1.71. The van der Waals surface area contributed by atoms with E-state index in [2.05, 4.69) is 25.8 Å². The van der Waals surface area contributed by atoms with Crippen LogP contribution in [0.4, 0.5) is 21.8 Å². The first kappa shape index (κ1) is 20.4. The summed E-state index contributed by atoms with van der Waals surface area (Å²) >= 11 is 0. The smallest absolute Gasteiger partial charge is 0.306 e. The van der Waals surface area contributed by atoms with Gasteiger partial charge in [0.25, 0.3) is 5.91 Å². The third-order valence-electron chi connectivity index (χ3n) is 4.87. The standard InChI is InChI=1S/C19H23FN6O3/c1-26(2)16-10-9-15(24-25-16)23-18(27)13-7-8-14(20)22-17(13)21-12-5-3-11(4-6-12)19(28)29/h7-12H,3-6H2,1-2H3,(H,21,22)(H,28,29)(H,23,24,27). The second-order valence-electron chi connectivity index (χ2n) is 7.19. The summed E-state index contributed by atoms with van der Waals surface area (Å²) < 4.78 is 13.7. The Hall–Kier alpha value is -3.30. The van der Waals surface area contributed by atoms with E-state index in [1.807, 2.05) is 14.1 Å². The minimum atomic E-state index is -0.797. The number of hydrogen-bond donors (Lipinski definition) is 3. The van der Waals surface area contributed by atoms with E-state index in [-0.39, 0.29) is 29.2 Å². The highest BCUT2D eigenvalue weighted by atomic mass is 19.1. The average Bonchev–Trinajstić information content (AvgIpc) is 2.69. The number of halogens is 1. The molecule has 2 aromatic rings. The van der Waals surface area contributed by atoms with Crippen LogP contribution in [0.3, 0.4) is 0 Å². The number of carboxylic acid groups (broad SMARTS) is 1. The van der Waals surface area contributed by atoms with Crippen molar-refractivity contribution in [3.63, 3.8) is 0 Å². The zero-order valence-electron chi connectivity index (χ0n) is 16.2. The van der Waals surface area contributed by atoms with Gasteiger partial charge in [0.15, 0.2) is 11.6 Å². The number of anilines is 3. The molecule has 0 aliphatic heterocycles. The maximum absolute atomic E-state index is 13.7. The van der Waals surface area contributed by atoms with Gasteiger partial charge in [0, 0.05) is 20.1 Å². The summed E-state index contributed by atoms with van der Waals surface area (Å²) in [5, 5.41) is 22.8. The lowest BCUT2D eigenvalue weighted by Gasteiger charge is -2.27. The normalized spacial score (nSPS) is 18.7. The number of carbonyl (C=O) groups is 2. The van der Waals surface area contributed by atoms with E-state index in [9.17, 15) is 14.0 Å². The predicted octanol–water partition coefficient (Wildman–Crippen LogP) is 2.38. The van der Waals surface area contributed by atoms with Crippen LogP contribution in [-0.4, -0.2) is 52.3 Å². The highest BCUT2D eigenvalue weighted by molar-refractivity contribution is 6.07. The molecular weight excluding hydrogens is 379 g/mol. The Morgan fingerprint density at radius 2 is 1.83 bits per heavy atom. The number of amides is 1. The SMILES string of the molecule is CN(C)c1ccc(NC(=O)c2ccc(F)nc2NC2CCC(C(=O)O)CC2)nn1. The Morgan fingerprint density at radius 3 is 2.41 bits per heavy atom. The fourth-order valence-electron chi connectivity index (χ4n) is 3.22. The monoisotopic (exact) mass is 402 g/mol. The molecule has 0 radical (unpaired) electrons. The number of aromatic nitrogens is 3. The summed E-state index contributed by atoms with van der Waals surface area (Å²) in [6.07, 6.45) is 2.26. The van der Waals surface area contributed by atoms with Gasteiger partial charge in [-0.3, -0.25) is 9.59 Å². The second-order valence-corrected chi connectivity index (χ2v) is 7.19. The molecule has 0 unspecified atom stereocenters. The van der Waals surface area contributed by atoms with Gasteiger partial charge >= 0.3 is 5.97 Å². The quantitative estimate of drug-likeness (QED) is 0.630. The van der Waals surface area contributed by atoms with E-state index >= 15 is 0 Å². The third-order valence-corrected chi connectivity index (χ3v) is 4.87. The number of hydrogen-bond acceptors (Lipinski definition) is 7. The molecule has 0 spiro atoms. The van der Waals surface area contributed by atoms with E-state index in [1.54, 1.807) is 17.0 Å². The highest BCUT2D eigenvalue weighted by Gasteiger charge is 2.27. The van der Waals surface area contributed by atoms with Crippen molar-refractivity contribution in [2.24, 2.45) is 5.92 Å². The van der Waals surface area contributed by atoms with Gasteiger partial charge in [-0.1, -0.05) is 0 Å². The summed E-state index contributed by atoms with van der Waals surface area (Å²) in [4.78, 5) is 29.4. The lowest BCUT2D eigenvalue weighted by Crippen LogP contribution is -2.30. The summed E-state index contributed by atoms with van der Waals surface area (Å²) in [7, 11) is 3.66. The first-order valence-electron chi connectivity index (χ1n) is 9.32. The molecule has 2 aromatic heterocycles. The van der Waals surface area contributed by atoms with Crippen molar-refractivity contribution < 1.29 is 19.1 Å². The molecule has 1 fully saturated rings. The number of carbonyl (C=O) groups excluding carboxylic acids is 1. The molecule has 3 N–H and O–H groups in total. The van der Waals surface area contributed by atoms with Crippen LogP contribution in [0.15, 0.2) is 24.3 Å². The maximum Gasteiger partial charge on any atom is 0.306 e. The van der Waals surface area contributed by atoms with Crippen molar-refractivity contribution in [2.45, 2.75) is 31.7 Å². The molecule has 29 heavy (non-hydrogen) atoms. The van der Waals surface area contributed by atoms with Gasteiger partial charge in [0.1, 0.15) is 5.82 Å². The highest BCUT2D eigenvalue weighted by Crippen LogP contribution is 2.27. The molecule has 3 rings (SSSR count). The van der Waals surface area contributed by atoms with Gasteiger partial charge in [-0.05, 0) is 49.9 Å². The molecule has 0 saturated heterocycles. The Bertz CT molecular complexity index is 882. The van der Waals surface area contributed by atoms with Gasteiger partial charge < -0.3 is 20.6 Å². The van der Waals surface area contributed by atoms with Crippen LogP contribution in [-0.2, 0) is 4.79 Å². The molecule has 154 valence electrons. The van der Waals surface area contributed by atoms with Gasteiger partial charge in [0.2, 0.25) is 5.95 Å². The molecule has 0 bridgehead atoms. The fourth-order valence-corrected chi connectivity index (χ4v) is 3.22. The Labute approximate surface area is 167 Å². The van der Waals surface area contributed by atoms with Crippen molar-refractivity contribution in [2.75, 3.05) is 29.6 Å². The van der Waals surface area contributed by atoms with Gasteiger partial charge in [0.05, 0.1) is 11.5 Å². The van der Waals surface area contributed by atoms with Crippen LogP contribution >= 0.6 is 0 Å². The Kier molecular flexibility index (Phi) is 6.20. The van der Waals surface area contributed by atoms with Crippen LogP contribution in [0.5, 0.6) is 0 Å². The van der Waals surface area contributed by atoms with Crippen molar-refractivity contribution in [3.05, 3.63) is 35.8 Å². The number of carboxylic acids is 1. The minimum absolute atomic E-state index is 0.0781. The molecule has 2 heterocycles. The number of rotatable bonds is 6. The molecule has 1 saturated carbocycles. The molecule has 10 heteroatoms. The lowest BCUT2D eigenvalue weighted by molar-refractivity contribution is -0.142. The molecule has 9 nitrogen and oxygen atoms in total. The van der Waals surface area contributed by atoms with Gasteiger partial charge in [-0.15, -0.1) is 10.2 Å². The molecule has 1 aliphatic carbocycles. The summed E-state index contributed by atoms with van der Waals surface area (Å²) in [5.41, 5.74) is 0.172. The van der Waals surface area contributed by atoms with E-state index in [0.29, 0.717) is 31.5 Å². The largest absolute Gasteiger partial charge is 0.481 e. The molecule has 0 aromatic carbocycles. The predicted molar refractivity (Wildman–Crippen MR) is 106 cm³/mol. The van der Waals surface area contributed by atoms with Crippen LogP contribution < -0.4 is 15.5 Å². The van der Waals surface area contributed by atoms with E-state index in [1.165, 1.54) is 6.07 Å². The maximum atomic E-state index is 13.7. The lowest BCUT2D eigenvalue weighted by atomic mass is 9.86. The Morgan fingerprint density at radius 1 is 1.10 bits per heavy atom. The van der Waals surface area contributed by atoms with Crippen LogP contribution in [0.25, 0.3) is 0 Å². The number of nitrogens with zero attached hydrogens (tertiary/aromatic N) is 4. The van der Waals surface area contributed by atoms with Gasteiger partial charge in [-0.2, -0.15) is 4.39 Å². The van der Waals surface area contributed by atoms with Gasteiger partial charge in [-0.25, -0.2) is 4.98 Å². The average molecular weight is 402 g/mol. The summed E-state index contributed by atoms with van der Waals surface area (Å²) in [6.45, 7) is 0. The molecular formula is C19H23FN6O3. The zero-order chi connectivity index (χ0) is 21.0. The van der Waals surface area contributed by atoms with Crippen molar-refractivity contribution in [1.29, 1.82) is 0 Å². The summed E-state index contributed by atoms with van der Waals surface area (Å²) in [6, 6.07) is 5.72. The molecule has 0 atom stereocenters. The van der Waals surface area contributed by atoms with E-state index in [4.69, 9.17) is 5.11 Å². The topological polar surface area (TPSA) is 120 Å². The summed E-state index contributed by atoms with van der Waals surface area (Å²) in [5.74, 6) is -1.33. The molecule has 1 amide bonds. The van der Waals surface area contributed by atoms with Crippen molar-refractivity contribution in [3.8, 4) is 0 Å². The third kappa shape index (κ3) is 5.15. The number of aliphatic carboxylic acids is 1. The zero-order valence-corrected chi connectivity index (χ0v) is 16.2. The fraction of sp³-hybridized carbons (Fsp3) is 0.421. The molecule has 1 aliphatic rings. The minimum Gasteiger partial charge on any atom is -0.481 e. The number of pyridine rings is 1.